The van der Waals surface area contributed by atoms with Gasteiger partial charge in [-0.05, 0) is 41.8 Å². The van der Waals surface area contributed by atoms with Gasteiger partial charge >= 0.3 is 5.63 Å². The van der Waals surface area contributed by atoms with E-state index >= 15 is 0 Å². The second-order valence-electron chi connectivity index (χ2n) is 6.01. The molecule has 3 rings (SSSR count). The number of nitrogens with one attached hydrogen (secondary N) is 1. The number of anilines is 1. The van der Waals surface area contributed by atoms with Gasteiger partial charge in [-0.2, -0.15) is 5.26 Å². The van der Waals surface area contributed by atoms with Gasteiger partial charge in [0.1, 0.15) is 5.58 Å². The molecule has 27 heavy (non-hydrogen) atoms. The van der Waals surface area contributed by atoms with Crippen LogP contribution in [0.1, 0.15) is 23.6 Å². The van der Waals surface area contributed by atoms with Gasteiger partial charge in [0.05, 0.1) is 17.4 Å². The Labute approximate surface area is 161 Å². The normalized spacial score (nSPS) is 10.5. The Balaban J connectivity index is 1.65. The minimum atomic E-state index is -0.385. The Kier molecular flexibility index (Phi) is 5.94. The van der Waals surface area contributed by atoms with Gasteiger partial charge in [0.25, 0.3) is 0 Å². The zero-order chi connectivity index (χ0) is 19.2. The summed E-state index contributed by atoms with van der Waals surface area (Å²) in [5.74, 6) is 0.612. The van der Waals surface area contributed by atoms with Gasteiger partial charge < -0.3 is 9.73 Å². The number of rotatable bonds is 6. The van der Waals surface area contributed by atoms with Gasteiger partial charge in [-0.3, -0.25) is 4.79 Å². The van der Waals surface area contributed by atoms with Crippen molar-refractivity contribution in [1.29, 1.82) is 5.26 Å². The van der Waals surface area contributed by atoms with Crippen molar-refractivity contribution in [2.75, 3.05) is 11.1 Å². The average Bonchev–Trinajstić information content (AvgIpc) is 2.67. The summed E-state index contributed by atoms with van der Waals surface area (Å²) in [7, 11) is 0. The summed E-state index contributed by atoms with van der Waals surface area (Å²) in [5, 5.41) is 12.6. The molecule has 3 aromatic rings. The Morgan fingerprint density at radius 3 is 2.85 bits per heavy atom. The average molecular weight is 378 g/mol. The number of hydrogen-bond donors (Lipinski definition) is 1. The van der Waals surface area contributed by atoms with Crippen LogP contribution in [0.15, 0.2) is 57.7 Å². The Bertz CT molecular complexity index is 1080. The van der Waals surface area contributed by atoms with Crippen molar-refractivity contribution in [2.45, 2.75) is 19.1 Å². The molecule has 0 saturated carbocycles. The maximum atomic E-state index is 12.1. The summed E-state index contributed by atoms with van der Waals surface area (Å²) in [5.41, 5.74) is 3.24. The quantitative estimate of drug-likeness (QED) is 0.653. The van der Waals surface area contributed by atoms with Crippen molar-refractivity contribution in [1.82, 2.24) is 0 Å². The van der Waals surface area contributed by atoms with Crippen LogP contribution in [0.2, 0.25) is 0 Å². The summed E-state index contributed by atoms with van der Waals surface area (Å²) in [6.45, 7) is 2.05. The van der Waals surface area contributed by atoms with E-state index in [1.54, 1.807) is 24.3 Å². The number of aryl methyl sites for hydroxylation is 1. The summed E-state index contributed by atoms with van der Waals surface area (Å²) in [6, 6.07) is 16.2. The standard InChI is InChI=1S/C21H18N2O3S/c1-2-14-6-7-18-16(10-21(25)26-19(18)9-14)12-27-13-20(24)23-17-5-3-4-15(8-17)11-22/h3-10H,2,12-13H2,1H3,(H,23,24). The third-order valence-corrected chi connectivity index (χ3v) is 5.05. The van der Waals surface area contributed by atoms with Crippen molar-refractivity contribution in [3.63, 3.8) is 0 Å². The molecule has 0 aliphatic heterocycles. The lowest BCUT2D eigenvalue weighted by molar-refractivity contribution is -0.113. The van der Waals surface area contributed by atoms with Crippen molar-refractivity contribution < 1.29 is 9.21 Å². The molecule has 0 fully saturated rings. The van der Waals surface area contributed by atoms with E-state index in [9.17, 15) is 9.59 Å². The maximum Gasteiger partial charge on any atom is 0.336 e. The molecule has 0 atom stereocenters. The highest BCUT2D eigenvalue weighted by Gasteiger charge is 2.09. The number of hydrogen-bond acceptors (Lipinski definition) is 5. The fraction of sp³-hybridized carbons (Fsp3) is 0.190. The van der Waals surface area contributed by atoms with Crippen LogP contribution in [-0.2, 0) is 17.0 Å². The van der Waals surface area contributed by atoms with Gasteiger partial charge in [0.15, 0.2) is 0 Å². The minimum absolute atomic E-state index is 0.157. The number of carbonyl (C=O) groups excluding carboxylic acids is 1. The van der Waals surface area contributed by atoms with Crippen LogP contribution in [-0.4, -0.2) is 11.7 Å². The van der Waals surface area contributed by atoms with E-state index in [0.717, 1.165) is 22.9 Å². The molecule has 6 heteroatoms. The second-order valence-corrected chi connectivity index (χ2v) is 6.99. The molecule has 136 valence electrons. The van der Waals surface area contributed by atoms with Gasteiger partial charge in [0, 0.05) is 22.9 Å². The van der Waals surface area contributed by atoms with Crippen LogP contribution in [0.3, 0.4) is 0 Å². The molecule has 1 heterocycles. The van der Waals surface area contributed by atoms with Gasteiger partial charge in [0.2, 0.25) is 5.91 Å². The molecule has 1 aromatic heterocycles. The summed E-state index contributed by atoms with van der Waals surface area (Å²) in [4.78, 5) is 23.9. The first-order chi connectivity index (χ1) is 13.1. The second kappa shape index (κ2) is 8.56. The number of carbonyl (C=O) groups is 1. The summed E-state index contributed by atoms with van der Waals surface area (Å²) in [6.07, 6.45) is 0.867. The molecular weight excluding hydrogens is 360 g/mol. The van der Waals surface area contributed by atoms with Crippen molar-refractivity contribution >= 4 is 34.3 Å². The first kappa shape index (κ1) is 18.7. The molecule has 0 bridgehead atoms. The van der Waals surface area contributed by atoms with Crippen LogP contribution < -0.4 is 10.9 Å². The fourth-order valence-electron chi connectivity index (χ4n) is 2.73. The predicted octanol–water partition coefficient (Wildman–Crippen LogP) is 4.10. The van der Waals surface area contributed by atoms with E-state index in [2.05, 4.69) is 5.32 Å². The summed E-state index contributed by atoms with van der Waals surface area (Å²) < 4.78 is 5.30. The zero-order valence-electron chi connectivity index (χ0n) is 14.8. The highest BCUT2D eigenvalue weighted by atomic mass is 32.2. The molecular formula is C21H18N2O3S. The molecule has 0 aliphatic carbocycles. The number of thioether (sulfide) groups is 1. The minimum Gasteiger partial charge on any atom is -0.423 e. The highest BCUT2D eigenvalue weighted by Crippen LogP contribution is 2.23. The lowest BCUT2D eigenvalue weighted by atomic mass is 10.1. The van der Waals surface area contributed by atoms with Crippen LogP contribution in [0.5, 0.6) is 0 Å². The maximum absolute atomic E-state index is 12.1. The number of benzene rings is 2. The van der Waals surface area contributed by atoms with E-state index in [1.165, 1.54) is 17.8 Å². The fourth-order valence-corrected chi connectivity index (χ4v) is 3.55. The SMILES string of the molecule is CCc1ccc2c(CSCC(=O)Nc3cccc(C#N)c3)cc(=O)oc2c1. The number of fused-ring (bicyclic) bond motifs is 1. The Morgan fingerprint density at radius 2 is 2.07 bits per heavy atom. The topological polar surface area (TPSA) is 83.1 Å². The number of amides is 1. The number of nitriles is 1. The van der Waals surface area contributed by atoms with Gasteiger partial charge in [-0.1, -0.05) is 25.1 Å². The third kappa shape index (κ3) is 4.78. The molecule has 0 unspecified atom stereocenters. The predicted molar refractivity (Wildman–Crippen MR) is 108 cm³/mol. The van der Waals surface area contributed by atoms with Crippen LogP contribution in [0.4, 0.5) is 5.69 Å². The monoisotopic (exact) mass is 378 g/mol. The lowest BCUT2D eigenvalue weighted by Gasteiger charge is -2.08. The van der Waals surface area contributed by atoms with E-state index < -0.39 is 0 Å². The molecule has 1 N–H and O–H groups in total. The van der Waals surface area contributed by atoms with Crippen molar-refractivity contribution in [3.05, 3.63) is 75.6 Å². The number of nitrogens with zero attached hydrogens (tertiary/aromatic N) is 1. The first-order valence-electron chi connectivity index (χ1n) is 8.52. The van der Waals surface area contributed by atoms with Gasteiger partial charge in [-0.15, -0.1) is 11.8 Å². The van der Waals surface area contributed by atoms with E-state index in [-0.39, 0.29) is 17.3 Å². The molecule has 1 amide bonds. The largest absolute Gasteiger partial charge is 0.423 e. The molecule has 0 saturated heterocycles. The Morgan fingerprint density at radius 1 is 1.22 bits per heavy atom. The molecule has 0 aliphatic rings. The smallest absolute Gasteiger partial charge is 0.336 e. The Hall–Kier alpha value is -3.04. The van der Waals surface area contributed by atoms with Crippen LogP contribution >= 0.6 is 11.8 Å². The summed E-state index contributed by atoms with van der Waals surface area (Å²) >= 11 is 1.42. The van der Waals surface area contributed by atoms with E-state index in [0.29, 0.717) is 22.6 Å². The van der Waals surface area contributed by atoms with Crippen LogP contribution in [0, 0.1) is 11.3 Å². The van der Waals surface area contributed by atoms with Crippen molar-refractivity contribution in [3.8, 4) is 6.07 Å². The molecule has 0 spiro atoms. The first-order valence-corrected chi connectivity index (χ1v) is 9.68. The lowest BCUT2D eigenvalue weighted by Crippen LogP contribution is -2.14. The highest BCUT2D eigenvalue weighted by molar-refractivity contribution is 7.99. The molecule has 2 aromatic carbocycles. The van der Waals surface area contributed by atoms with Crippen LogP contribution in [0.25, 0.3) is 11.0 Å². The molecule has 5 nitrogen and oxygen atoms in total. The zero-order valence-corrected chi connectivity index (χ0v) is 15.6. The van der Waals surface area contributed by atoms with E-state index in [1.807, 2.05) is 31.2 Å². The third-order valence-electron chi connectivity index (χ3n) is 4.07. The van der Waals surface area contributed by atoms with Crippen molar-refractivity contribution in [2.24, 2.45) is 0 Å². The van der Waals surface area contributed by atoms with E-state index in [4.69, 9.17) is 9.68 Å². The molecule has 0 radical (unpaired) electrons. The van der Waals surface area contributed by atoms with Gasteiger partial charge in [-0.25, -0.2) is 4.79 Å².